The van der Waals surface area contributed by atoms with Crippen LogP contribution < -0.4 is 0 Å². The van der Waals surface area contributed by atoms with Crippen molar-refractivity contribution >= 4 is 0 Å². The molecule has 0 saturated carbocycles. The van der Waals surface area contributed by atoms with Crippen LogP contribution in [0.4, 0.5) is 0 Å². The first kappa shape index (κ1) is 19.3. The summed E-state index contributed by atoms with van der Waals surface area (Å²) in [7, 11) is 0. The summed E-state index contributed by atoms with van der Waals surface area (Å²) >= 11 is 0. The van der Waals surface area contributed by atoms with Crippen molar-refractivity contribution in [2.75, 3.05) is 13.2 Å². The summed E-state index contributed by atoms with van der Waals surface area (Å²) in [6.07, 6.45) is 5.57. The van der Waals surface area contributed by atoms with E-state index in [1.54, 1.807) is 6.92 Å². The highest BCUT2D eigenvalue weighted by Gasteiger charge is 1.91. The van der Waals surface area contributed by atoms with Gasteiger partial charge in [0.2, 0.25) is 0 Å². The van der Waals surface area contributed by atoms with Gasteiger partial charge in [-0.3, -0.25) is 0 Å². The molecule has 0 rings (SSSR count). The minimum atomic E-state index is 0.250. The van der Waals surface area contributed by atoms with Gasteiger partial charge in [-0.2, -0.15) is 0 Å². The van der Waals surface area contributed by atoms with Crippen molar-refractivity contribution in [3.05, 3.63) is 12.2 Å². The normalized spacial score (nSPS) is 11.1. The van der Waals surface area contributed by atoms with Gasteiger partial charge in [0.15, 0.2) is 0 Å². The predicted octanol–water partition coefficient (Wildman–Crippen LogP) is 3.40. The summed E-state index contributed by atoms with van der Waals surface area (Å²) in [4.78, 5) is 0. The molecule has 1 atom stereocenters. The Morgan fingerprint density at radius 1 is 1.14 bits per heavy atom. The zero-order chi connectivity index (χ0) is 11.8. The topological polar surface area (TPSA) is 29.5 Å². The van der Waals surface area contributed by atoms with Gasteiger partial charge in [0.1, 0.15) is 0 Å². The Morgan fingerprint density at radius 2 is 1.50 bits per heavy atom. The van der Waals surface area contributed by atoms with E-state index in [2.05, 4.69) is 13.8 Å². The Kier molecular flexibility index (Phi) is 31.6. The molecule has 0 aliphatic rings. The Bertz CT molecular complexity index is 86.3. The fourth-order valence-corrected chi connectivity index (χ4v) is 0.402. The minimum Gasteiger partial charge on any atom is -0.397 e. The van der Waals surface area contributed by atoms with Gasteiger partial charge in [0.05, 0.1) is 6.10 Å². The van der Waals surface area contributed by atoms with E-state index in [4.69, 9.17) is 9.84 Å². The van der Waals surface area contributed by atoms with Gasteiger partial charge >= 0.3 is 0 Å². The van der Waals surface area contributed by atoms with Gasteiger partial charge in [-0.05, 0) is 41.0 Å². The molecule has 0 spiro atoms. The third kappa shape index (κ3) is 41.4. The third-order valence-corrected chi connectivity index (χ3v) is 1.36. The van der Waals surface area contributed by atoms with Crippen LogP contribution in [0, 0.1) is 0 Å². The standard InChI is InChI=1S/C6H14O.C4H8.C2H6O/c1-4-6(3)7-5-2;1-3-4-2;1-2-3/h6H,4-5H2,1-3H3;3-4H,1-2H3;3H,2H2,1H3. The fraction of sp³-hybridized carbons (Fsp3) is 0.833. The Hall–Kier alpha value is -0.340. The van der Waals surface area contributed by atoms with Crippen molar-refractivity contribution < 1.29 is 9.84 Å². The SMILES string of the molecule is CC=CC.CCO.CCOC(C)CC. The Morgan fingerprint density at radius 3 is 1.57 bits per heavy atom. The van der Waals surface area contributed by atoms with Crippen molar-refractivity contribution in [2.24, 2.45) is 0 Å². The lowest BCUT2D eigenvalue weighted by atomic mass is 10.3. The molecule has 0 aromatic carbocycles. The zero-order valence-corrected chi connectivity index (χ0v) is 10.7. The van der Waals surface area contributed by atoms with Gasteiger partial charge in [-0.1, -0.05) is 19.1 Å². The molecule has 88 valence electrons. The highest BCUT2D eigenvalue weighted by molar-refractivity contribution is 4.68. The van der Waals surface area contributed by atoms with E-state index in [1.807, 2.05) is 32.9 Å². The van der Waals surface area contributed by atoms with E-state index in [9.17, 15) is 0 Å². The van der Waals surface area contributed by atoms with E-state index in [1.165, 1.54) is 0 Å². The van der Waals surface area contributed by atoms with Crippen LogP contribution in [0.2, 0.25) is 0 Å². The highest BCUT2D eigenvalue weighted by atomic mass is 16.5. The number of hydrogen-bond donors (Lipinski definition) is 1. The third-order valence-electron chi connectivity index (χ3n) is 1.36. The van der Waals surface area contributed by atoms with Crippen LogP contribution in [0.1, 0.15) is 48.0 Å². The lowest BCUT2D eigenvalue weighted by molar-refractivity contribution is 0.0739. The van der Waals surface area contributed by atoms with Gasteiger partial charge in [-0.15, -0.1) is 0 Å². The second-order valence-corrected chi connectivity index (χ2v) is 2.66. The van der Waals surface area contributed by atoms with Gasteiger partial charge in [-0.25, -0.2) is 0 Å². The largest absolute Gasteiger partial charge is 0.397 e. The van der Waals surface area contributed by atoms with Crippen LogP contribution >= 0.6 is 0 Å². The van der Waals surface area contributed by atoms with Gasteiger partial charge in [0, 0.05) is 13.2 Å². The van der Waals surface area contributed by atoms with E-state index < -0.39 is 0 Å². The van der Waals surface area contributed by atoms with Crippen molar-refractivity contribution in [3.8, 4) is 0 Å². The van der Waals surface area contributed by atoms with Crippen LogP contribution in [-0.2, 0) is 4.74 Å². The summed E-state index contributed by atoms with van der Waals surface area (Å²) in [6, 6.07) is 0. The molecule has 14 heavy (non-hydrogen) atoms. The van der Waals surface area contributed by atoms with Crippen LogP contribution in [0.25, 0.3) is 0 Å². The summed E-state index contributed by atoms with van der Waals surface area (Å²) in [5.74, 6) is 0. The summed E-state index contributed by atoms with van der Waals surface area (Å²) in [6.45, 7) is 13.0. The van der Waals surface area contributed by atoms with Crippen LogP contribution in [-0.4, -0.2) is 24.4 Å². The second-order valence-electron chi connectivity index (χ2n) is 2.66. The number of hydrogen-bond acceptors (Lipinski definition) is 2. The first-order chi connectivity index (χ1) is 6.64. The first-order valence-corrected chi connectivity index (χ1v) is 5.44. The highest BCUT2D eigenvalue weighted by Crippen LogP contribution is 1.92. The lowest BCUT2D eigenvalue weighted by Gasteiger charge is -2.05. The Labute approximate surface area is 90.0 Å². The molecule has 0 bridgehead atoms. The monoisotopic (exact) mass is 204 g/mol. The van der Waals surface area contributed by atoms with E-state index in [-0.39, 0.29) is 6.61 Å². The number of aliphatic hydroxyl groups is 1. The molecule has 0 aromatic heterocycles. The zero-order valence-electron chi connectivity index (χ0n) is 10.7. The van der Waals surface area contributed by atoms with Crippen molar-refractivity contribution in [2.45, 2.75) is 54.1 Å². The second kappa shape index (κ2) is 23.0. The summed E-state index contributed by atoms with van der Waals surface area (Å²) < 4.78 is 5.19. The number of ether oxygens (including phenoxy) is 1. The molecule has 0 aliphatic heterocycles. The average Bonchev–Trinajstić information content (AvgIpc) is 2.20. The maximum Gasteiger partial charge on any atom is 0.0544 e. The average molecular weight is 204 g/mol. The molecule has 0 aromatic rings. The number of rotatable bonds is 3. The number of aliphatic hydroxyl groups excluding tert-OH is 1. The molecule has 0 amide bonds. The molecular formula is C12H28O2. The van der Waals surface area contributed by atoms with E-state index in [0.717, 1.165) is 13.0 Å². The first-order valence-electron chi connectivity index (χ1n) is 5.44. The quantitative estimate of drug-likeness (QED) is 0.714. The molecule has 2 nitrogen and oxygen atoms in total. The molecule has 1 unspecified atom stereocenters. The van der Waals surface area contributed by atoms with E-state index in [0.29, 0.717) is 6.10 Å². The summed E-state index contributed by atoms with van der Waals surface area (Å²) in [5.41, 5.74) is 0. The molecule has 0 aliphatic carbocycles. The fourth-order valence-electron chi connectivity index (χ4n) is 0.402. The minimum absolute atomic E-state index is 0.250. The van der Waals surface area contributed by atoms with Crippen LogP contribution in [0.15, 0.2) is 12.2 Å². The predicted molar refractivity (Wildman–Crippen MR) is 64.6 cm³/mol. The van der Waals surface area contributed by atoms with Crippen molar-refractivity contribution in [1.29, 1.82) is 0 Å². The van der Waals surface area contributed by atoms with Gasteiger partial charge < -0.3 is 9.84 Å². The van der Waals surface area contributed by atoms with E-state index >= 15 is 0 Å². The van der Waals surface area contributed by atoms with Crippen molar-refractivity contribution in [1.82, 2.24) is 0 Å². The molecule has 1 N–H and O–H groups in total. The van der Waals surface area contributed by atoms with Crippen molar-refractivity contribution in [3.63, 3.8) is 0 Å². The maximum atomic E-state index is 7.57. The van der Waals surface area contributed by atoms with Crippen LogP contribution in [0.5, 0.6) is 0 Å². The van der Waals surface area contributed by atoms with Crippen LogP contribution in [0.3, 0.4) is 0 Å². The molecule has 0 radical (unpaired) electrons. The molecule has 0 heterocycles. The summed E-state index contributed by atoms with van der Waals surface area (Å²) in [5, 5.41) is 7.57. The Balaban J connectivity index is -0.000000147. The molecule has 2 heteroatoms. The smallest absolute Gasteiger partial charge is 0.0544 e. The lowest BCUT2D eigenvalue weighted by Crippen LogP contribution is -2.04. The maximum absolute atomic E-state index is 7.57. The molecule has 0 fully saturated rings. The molecular weight excluding hydrogens is 176 g/mol. The molecule has 0 saturated heterocycles. The van der Waals surface area contributed by atoms with Gasteiger partial charge in [0.25, 0.3) is 0 Å². The number of allylic oxidation sites excluding steroid dienone is 2.